The predicted octanol–water partition coefficient (Wildman–Crippen LogP) is 5.24. The molecule has 0 aliphatic carbocycles. The highest BCUT2D eigenvalue weighted by Crippen LogP contribution is 2.42. The first kappa shape index (κ1) is 20.5. The number of hydrogen-bond acceptors (Lipinski definition) is 3. The van der Waals surface area contributed by atoms with Crippen LogP contribution in [0.25, 0.3) is 11.8 Å². The lowest BCUT2D eigenvalue weighted by Gasteiger charge is -2.35. The van der Waals surface area contributed by atoms with Crippen molar-refractivity contribution in [2.45, 2.75) is 44.7 Å². The van der Waals surface area contributed by atoms with Gasteiger partial charge in [-0.15, -0.1) is 0 Å². The third kappa shape index (κ3) is 3.70. The maximum absolute atomic E-state index is 13.4. The summed E-state index contributed by atoms with van der Waals surface area (Å²) in [5.74, 6) is 0.557. The summed E-state index contributed by atoms with van der Waals surface area (Å²) in [7, 11) is 1.65. The zero-order valence-electron chi connectivity index (χ0n) is 18.3. The molecule has 5 nitrogen and oxygen atoms in total. The second-order valence-electron chi connectivity index (χ2n) is 8.57. The Bertz CT molecular complexity index is 1180. The van der Waals surface area contributed by atoms with Crippen molar-refractivity contribution in [1.82, 2.24) is 14.5 Å². The Labute approximate surface area is 187 Å². The third-order valence-corrected chi connectivity index (χ3v) is 6.55. The number of aryl methyl sites for hydroxylation is 1. The number of ether oxygens (including phenoxy) is 1. The lowest BCUT2D eigenvalue weighted by Crippen LogP contribution is -2.41. The molecule has 6 heteroatoms. The molecular formula is C26H26FN3O2. The first-order valence-corrected chi connectivity index (χ1v) is 11.0. The molecule has 1 amide bonds. The van der Waals surface area contributed by atoms with E-state index in [1.807, 2.05) is 46.9 Å². The largest absolute Gasteiger partial charge is 0.495 e. The molecule has 2 atom stereocenters. The Morgan fingerprint density at radius 2 is 1.94 bits per heavy atom. The van der Waals surface area contributed by atoms with Crippen LogP contribution in [0.15, 0.2) is 60.6 Å². The molecule has 3 aromatic rings. The van der Waals surface area contributed by atoms with E-state index >= 15 is 0 Å². The topological polar surface area (TPSA) is 47.4 Å². The molecule has 0 saturated carbocycles. The SMILES string of the molecule is COc1cc(C=C2CC[C@H]3CC[C@H](c4ccc(F)cc4)N3C2=O)ccc1-n1cnc(C)c1. The van der Waals surface area contributed by atoms with Crippen molar-refractivity contribution in [1.29, 1.82) is 0 Å². The van der Waals surface area contributed by atoms with Gasteiger partial charge in [-0.25, -0.2) is 9.37 Å². The standard InChI is InChI=1S/C26H26FN3O2/c1-17-15-29(16-28-17)24-11-3-18(14-25(24)32-2)13-20-6-9-22-10-12-23(30(22)26(20)31)19-4-7-21(27)8-5-19/h3-5,7-8,11,13-16,22-23H,6,9-10,12H2,1-2H3/t22-,23+/m0/s1. The number of fused-ring (bicyclic) bond motifs is 1. The zero-order valence-corrected chi connectivity index (χ0v) is 18.3. The molecule has 2 aliphatic heterocycles. The predicted molar refractivity (Wildman–Crippen MR) is 121 cm³/mol. The average Bonchev–Trinajstić information content (AvgIpc) is 3.43. The fourth-order valence-corrected chi connectivity index (χ4v) is 4.97. The Morgan fingerprint density at radius 3 is 2.66 bits per heavy atom. The molecule has 0 N–H and O–H groups in total. The summed E-state index contributed by atoms with van der Waals surface area (Å²) < 4.78 is 20.9. The lowest BCUT2D eigenvalue weighted by molar-refractivity contribution is -0.131. The minimum atomic E-state index is -0.253. The van der Waals surface area contributed by atoms with Gasteiger partial charge in [-0.1, -0.05) is 18.2 Å². The number of halogens is 1. The third-order valence-electron chi connectivity index (χ3n) is 6.55. The molecule has 5 rings (SSSR count). The van der Waals surface area contributed by atoms with Crippen LogP contribution < -0.4 is 4.74 Å². The summed E-state index contributed by atoms with van der Waals surface area (Å²) in [5, 5.41) is 0. The van der Waals surface area contributed by atoms with E-state index in [9.17, 15) is 9.18 Å². The Hall–Kier alpha value is -3.41. The molecule has 3 heterocycles. The molecule has 0 radical (unpaired) electrons. The summed E-state index contributed by atoms with van der Waals surface area (Å²) in [4.78, 5) is 19.8. The van der Waals surface area contributed by atoms with Crippen molar-refractivity contribution in [3.8, 4) is 11.4 Å². The summed E-state index contributed by atoms with van der Waals surface area (Å²) in [6, 6.07) is 12.8. The van der Waals surface area contributed by atoms with E-state index in [1.165, 1.54) is 12.1 Å². The van der Waals surface area contributed by atoms with Gasteiger partial charge in [0.05, 0.1) is 30.9 Å². The van der Waals surface area contributed by atoms with Gasteiger partial charge in [-0.3, -0.25) is 4.79 Å². The van der Waals surface area contributed by atoms with Crippen LogP contribution in [0.1, 0.15) is 48.5 Å². The molecule has 0 unspecified atom stereocenters. The highest BCUT2D eigenvalue weighted by atomic mass is 19.1. The van der Waals surface area contributed by atoms with Crippen molar-refractivity contribution in [2.75, 3.05) is 7.11 Å². The number of hydrogen-bond donors (Lipinski definition) is 0. The number of rotatable bonds is 4. The number of benzene rings is 2. The molecule has 1 aromatic heterocycles. The van der Waals surface area contributed by atoms with Gasteiger partial charge in [-0.05, 0) is 74.1 Å². The van der Waals surface area contributed by atoms with Gasteiger partial charge in [0.25, 0.3) is 5.91 Å². The molecule has 2 saturated heterocycles. The second-order valence-corrected chi connectivity index (χ2v) is 8.57. The van der Waals surface area contributed by atoms with Crippen molar-refractivity contribution >= 4 is 12.0 Å². The monoisotopic (exact) mass is 431 g/mol. The molecule has 0 spiro atoms. The first-order valence-electron chi connectivity index (χ1n) is 11.0. The number of piperidine rings is 1. The summed E-state index contributed by atoms with van der Waals surface area (Å²) in [5.41, 5.74) is 4.58. The normalized spacial score (nSPS) is 21.8. The van der Waals surface area contributed by atoms with E-state index in [-0.39, 0.29) is 23.8 Å². The lowest BCUT2D eigenvalue weighted by atomic mass is 9.95. The number of methoxy groups -OCH3 is 1. The van der Waals surface area contributed by atoms with Crippen LogP contribution in [-0.2, 0) is 4.79 Å². The quantitative estimate of drug-likeness (QED) is 0.531. The van der Waals surface area contributed by atoms with Gasteiger partial charge in [0.2, 0.25) is 0 Å². The van der Waals surface area contributed by atoms with Crippen molar-refractivity contribution in [3.05, 3.63) is 83.2 Å². The highest BCUT2D eigenvalue weighted by Gasteiger charge is 2.41. The number of imidazole rings is 1. The summed E-state index contributed by atoms with van der Waals surface area (Å²) >= 11 is 0. The van der Waals surface area contributed by atoms with Crippen molar-refractivity contribution in [3.63, 3.8) is 0 Å². The van der Waals surface area contributed by atoms with E-state index in [0.717, 1.165) is 59.5 Å². The van der Waals surface area contributed by atoms with Crippen molar-refractivity contribution < 1.29 is 13.9 Å². The van der Waals surface area contributed by atoms with Gasteiger partial charge in [0.15, 0.2) is 0 Å². The number of carbonyl (C=O) groups is 1. The minimum Gasteiger partial charge on any atom is -0.495 e. The van der Waals surface area contributed by atoms with Crippen LogP contribution in [-0.4, -0.2) is 33.5 Å². The summed E-state index contributed by atoms with van der Waals surface area (Å²) in [6.07, 6.45) is 9.32. The van der Waals surface area contributed by atoms with Gasteiger partial charge >= 0.3 is 0 Å². The maximum atomic E-state index is 13.4. The van der Waals surface area contributed by atoms with Gasteiger partial charge in [0, 0.05) is 17.8 Å². The van der Waals surface area contributed by atoms with Gasteiger partial charge < -0.3 is 14.2 Å². The minimum absolute atomic E-state index is 0.0122. The zero-order chi connectivity index (χ0) is 22.2. The molecule has 2 fully saturated rings. The molecule has 0 bridgehead atoms. The summed E-state index contributed by atoms with van der Waals surface area (Å²) in [6.45, 7) is 1.95. The maximum Gasteiger partial charge on any atom is 0.250 e. The van der Waals surface area contributed by atoms with Crippen molar-refractivity contribution in [2.24, 2.45) is 0 Å². The number of carbonyl (C=O) groups excluding carboxylic acids is 1. The fourth-order valence-electron chi connectivity index (χ4n) is 4.97. The van der Waals surface area contributed by atoms with E-state index < -0.39 is 0 Å². The van der Waals surface area contributed by atoms with Crippen LogP contribution in [0.3, 0.4) is 0 Å². The molecule has 32 heavy (non-hydrogen) atoms. The smallest absolute Gasteiger partial charge is 0.250 e. The second kappa shape index (κ2) is 8.26. The number of amides is 1. The molecular weight excluding hydrogens is 405 g/mol. The van der Waals surface area contributed by atoms with Gasteiger partial charge in [0.1, 0.15) is 11.6 Å². The molecule has 2 aromatic carbocycles. The highest BCUT2D eigenvalue weighted by molar-refractivity contribution is 5.99. The Kier molecular flexibility index (Phi) is 5.29. The van der Waals surface area contributed by atoms with Crippen LogP contribution in [0.2, 0.25) is 0 Å². The fraction of sp³-hybridized carbons (Fsp3) is 0.308. The van der Waals surface area contributed by atoms with Gasteiger partial charge in [-0.2, -0.15) is 0 Å². The van der Waals surface area contributed by atoms with E-state index in [0.29, 0.717) is 0 Å². The van der Waals surface area contributed by atoms with E-state index in [1.54, 1.807) is 25.6 Å². The molecule has 164 valence electrons. The van der Waals surface area contributed by atoms with Crippen LogP contribution >= 0.6 is 0 Å². The average molecular weight is 432 g/mol. The number of aromatic nitrogens is 2. The van der Waals surface area contributed by atoms with Crippen LogP contribution in [0, 0.1) is 12.7 Å². The van der Waals surface area contributed by atoms with Crippen LogP contribution in [0.5, 0.6) is 5.75 Å². The van der Waals surface area contributed by atoms with E-state index in [2.05, 4.69) is 4.98 Å². The van der Waals surface area contributed by atoms with Crippen LogP contribution in [0.4, 0.5) is 4.39 Å². The Balaban J connectivity index is 1.43. The Morgan fingerprint density at radius 1 is 1.12 bits per heavy atom. The first-order chi connectivity index (χ1) is 15.5. The van der Waals surface area contributed by atoms with E-state index in [4.69, 9.17) is 4.74 Å². The molecule has 2 aliphatic rings. The number of nitrogens with zero attached hydrogens (tertiary/aromatic N) is 3.